The quantitative estimate of drug-likeness (QED) is 0.759. The lowest BCUT2D eigenvalue weighted by atomic mass is 10.2. The number of amides is 2. The van der Waals surface area contributed by atoms with E-state index in [0.29, 0.717) is 17.3 Å². The molecule has 0 atom stereocenters. The van der Waals surface area contributed by atoms with Crippen LogP contribution in [-0.2, 0) is 20.9 Å². The molecule has 0 spiro atoms. The lowest BCUT2D eigenvalue weighted by Crippen LogP contribution is -2.39. The van der Waals surface area contributed by atoms with Gasteiger partial charge in [-0.3, -0.25) is 9.59 Å². The molecule has 8 heteroatoms. The second kappa shape index (κ2) is 8.18. The van der Waals surface area contributed by atoms with Crippen molar-refractivity contribution in [2.24, 2.45) is 0 Å². The van der Waals surface area contributed by atoms with Crippen LogP contribution < -0.4 is 5.32 Å². The highest BCUT2D eigenvalue weighted by Crippen LogP contribution is 2.14. The van der Waals surface area contributed by atoms with Gasteiger partial charge in [0.05, 0.1) is 19.4 Å². The number of carbonyl (C=O) groups is 3. The van der Waals surface area contributed by atoms with Crippen LogP contribution >= 0.6 is 0 Å². The van der Waals surface area contributed by atoms with E-state index in [4.69, 9.17) is 13.6 Å². The maximum Gasteiger partial charge on any atom is 0.342 e. The third-order valence-electron chi connectivity index (χ3n) is 3.43. The van der Waals surface area contributed by atoms with E-state index in [1.165, 1.54) is 18.2 Å². The van der Waals surface area contributed by atoms with Crippen LogP contribution in [0.3, 0.4) is 0 Å². The molecule has 0 aliphatic carbocycles. The molecule has 8 nitrogen and oxygen atoms in total. The molecule has 2 rings (SSSR count). The second-order valence-corrected chi connectivity index (χ2v) is 5.51. The van der Waals surface area contributed by atoms with Crippen molar-refractivity contribution in [2.75, 3.05) is 20.2 Å². The normalized spacial score (nSPS) is 10.4. The Morgan fingerprint density at radius 3 is 2.64 bits per heavy atom. The smallest absolute Gasteiger partial charge is 0.342 e. The van der Waals surface area contributed by atoms with Gasteiger partial charge in [0.25, 0.3) is 5.91 Å². The van der Waals surface area contributed by atoms with Crippen LogP contribution in [-0.4, -0.2) is 42.9 Å². The zero-order valence-electron chi connectivity index (χ0n) is 14.3. The minimum Gasteiger partial charge on any atom is -0.467 e. The van der Waals surface area contributed by atoms with Crippen molar-refractivity contribution in [3.05, 3.63) is 47.3 Å². The van der Waals surface area contributed by atoms with Crippen LogP contribution in [0.5, 0.6) is 0 Å². The van der Waals surface area contributed by atoms with Crippen molar-refractivity contribution in [3.8, 4) is 0 Å². The summed E-state index contributed by atoms with van der Waals surface area (Å²) in [6, 6.07) is 5.00. The molecule has 0 aliphatic heterocycles. The van der Waals surface area contributed by atoms with Gasteiger partial charge in [0, 0.05) is 7.05 Å². The van der Waals surface area contributed by atoms with Crippen molar-refractivity contribution < 1.29 is 28.0 Å². The van der Waals surface area contributed by atoms with E-state index >= 15 is 0 Å². The summed E-state index contributed by atoms with van der Waals surface area (Å²) in [5.74, 6) is 0.154. The van der Waals surface area contributed by atoms with E-state index in [0.717, 1.165) is 0 Å². The van der Waals surface area contributed by atoms with Gasteiger partial charge in [-0.05, 0) is 32.0 Å². The third kappa shape index (κ3) is 5.23. The van der Waals surface area contributed by atoms with Crippen LogP contribution in [0, 0.1) is 13.8 Å². The Balaban J connectivity index is 1.75. The fraction of sp³-hybridized carbons (Fsp3) is 0.353. The molecule has 2 heterocycles. The summed E-state index contributed by atoms with van der Waals surface area (Å²) in [6.45, 7) is 2.98. The van der Waals surface area contributed by atoms with Crippen molar-refractivity contribution in [1.82, 2.24) is 10.2 Å². The zero-order valence-corrected chi connectivity index (χ0v) is 14.3. The second-order valence-electron chi connectivity index (χ2n) is 5.51. The van der Waals surface area contributed by atoms with Gasteiger partial charge in [0.15, 0.2) is 6.61 Å². The Hall–Kier alpha value is -3.03. The van der Waals surface area contributed by atoms with Crippen molar-refractivity contribution in [1.29, 1.82) is 0 Å². The highest BCUT2D eigenvalue weighted by molar-refractivity contribution is 5.92. The molecule has 0 bridgehead atoms. The van der Waals surface area contributed by atoms with E-state index in [2.05, 4.69) is 5.32 Å². The third-order valence-corrected chi connectivity index (χ3v) is 3.43. The van der Waals surface area contributed by atoms with Crippen molar-refractivity contribution in [2.45, 2.75) is 20.4 Å². The van der Waals surface area contributed by atoms with Gasteiger partial charge in [-0.2, -0.15) is 0 Å². The highest BCUT2D eigenvalue weighted by Gasteiger charge is 2.19. The molecule has 0 radical (unpaired) electrons. The predicted octanol–water partition coefficient (Wildman–Crippen LogP) is 1.42. The molecule has 1 N–H and O–H groups in total. The first kappa shape index (κ1) is 18.3. The SMILES string of the molecule is Cc1cc(C(=O)OCC(=O)N(C)CC(=O)NCc2ccco2)c(C)o1. The number of esters is 1. The van der Waals surface area contributed by atoms with Gasteiger partial charge in [-0.15, -0.1) is 0 Å². The molecule has 2 aromatic rings. The molecule has 25 heavy (non-hydrogen) atoms. The van der Waals surface area contributed by atoms with E-state index < -0.39 is 18.5 Å². The zero-order chi connectivity index (χ0) is 18.4. The number of hydrogen-bond acceptors (Lipinski definition) is 6. The average Bonchev–Trinajstić information content (AvgIpc) is 3.19. The lowest BCUT2D eigenvalue weighted by Gasteiger charge is -2.16. The molecule has 2 amide bonds. The van der Waals surface area contributed by atoms with E-state index in [-0.39, 0.29) is 24.6 Å². The number of aryl methyl sites for hydroxylation is 2. The lowest BCUT2D eigenvalue weighted by molar-refractivity contribution is -0.137. The molecular formula is C17H20N2O6. The van der Waals surface area contributed by atoms with Crippen LogP contribution in [0.25, 0.3) is 0 Å². The van der Waals surface area contributed by atoms with Crippen LogP contribution in [0.15, 0.2) is 33.3 Å². The summed E-state index contributed by atoms with van der Waals surface area (Å²) in [6.07, 6.45) is 1.51. The molecule has 0 aromatic carbocycles. The molecule has 0 saturated carbocycles. The minimum atomic E-state index is -0.640. The minimum absolute atomic E-state index is 0.152. The number of carbonyl (C=O) groups excluding carboxylic acids is 3. The number of hydrogen-bond donors (Lipinski definition) is 1. The fourth-order valence-corrected chi connectivity index (χ4v) is 2.11. The van der Waals surface area contributed by atoms with Crippen molar-refractivity contribution >= 4 is 17.8 Å². The largest absolute Gasteiger partial charge is 0.467 e. The van der Waals surface area contributed by atoms with Gasteiger partial charge in [0.1, 0.15) is 22.8 Å². The predicted molar refractivity (Wildman–Crippen MR) is 86.7 cm³/mol. The van der Waals surface area contributed by atoms with Crippen LogP contribution in [0.4, 0.5) is 0 Å². The molecule has 0 fully saturated rings. The number of rotatable bonds is 7. The fourth-order valence-electron chi connectivity index (χ4n) is 2.11. The first-order valence-electron chi connectivity index (χ1n) is 7.64. The van der Waals surface area contributed by atoms with Gasteiger partial charge < -0.3 is 23.8 Å². The Bertz CT molecular complexity index is 747. The average molecular weight is 348 g/mol. The number of nitrogens with one attached hydrogen (secondary N) is 1. The first-order valence-corrected chi connectivity index (χ1v) is 7.64. The highest BCUT2D eigenvalue weighted by atomic mass is 16.5. The Morgan fingerprint density at radius 1 is 1.28 bits per heavy atom. The molecule has 0 saturated heterocycles. The van der Waals surface area contributed by atoms with Gasteiger partial charge >= 0.3 is 5.97 Å². The van der Waals surface area contributed by atoms with E-state index in [9.17, 15) is 14.4 Å². The number of nitrogens with zero attached hydrogens (tertiary/aromatic N) is 1. The monoisotopic (exact) mass is 348 g/mol. The number of likely N-dealkylation sites (N-methyl/N-ethyl adjacent to an activating group) is 1. The molecule has 0 aliphatic rings. The standard InChI is InChI=1S/C17H20N2O6/c1-11-7-14(12(2)25-11)17(22)24-10-16(21)19(3)9-15(20)18-8-13-5-4-6-23-13/h4-7H,8-10H2,1-3H3,(H,18,20). The molecule has 0 unspecified atom stereocenters. The number of ether oxygens (including phenoxy) is 1. The Kier molecular flexibility index (Phi) is 5.99. The maximum absolute atomic E-state index is 12.0. The number of furan rings is 2. The van der Waals surface area contributed by atoms with Crippen molar-refractivity contribution in [3.63, 3.8) is 0 Å². The van der Waals surface area contributed by atoms with Gasteiger partial charge in [-0.1, -0.05) is 0 Å². The summed E-state index contributed by atoms with van der Waals surface area (Å²) in [4.78, 5) is 36.9. The summed E-state index contributed by atoms with van der Waals surface area (Å²) >= 11 is 0. The van der Waals surface area contributed by atoms with Gasteiger partial charge in [-0.25, -0.2) is 4.79 Å². The molecular weight excluding hydrogens is 328 g/mol. The van der Waals surface area contributed by atoms with Gasteiger partial charge in [0.2, 0.25) is 5.91 Å². The summed E-state index contributed by atoms with van der Waals surface area (Å²) in [7, 11) is 1.45. The summed E-state index contributed by atoms with van der Waals surface area (Å²) in [5.41, 5.74) is 0.282. The first-order chi connectivity index (χ1) is 11.9. The van der Waals surface area contributed by atoms with E-state index in [1.807, 2.05) is 0 Å². The Morgan fingerprint density at radius 2 is 2.04 bits per heavy atom. The molecule has 134 valence electrons. The summed E-state index contributed by atoms with van der Waals surface area (Å²) < 4.78 is 15.3. The van der Waals surface area contributed by atoms with E-state index in [1.54, 1.807) is 32.0 Å². The van der Waals surface area contributed by atoms with Crippen LogP contribution in [0.2, 0.25) is 0 Å². The van der Waals surface area contributed by atoms with Crippen LogP contribution in [0.1, 0.15) is 27.6 Å². The Labute approximate surface area is 144 Å². The summed E-state index contributed by atoms with van der Waals surface area (Å²) in [5, 5.41) is 2.63. The topological polar surface area (TPSA) is 102 Å². The maximum atomic E-state index is 12.0. The molecule has 2 aromatic heterocycles.